The van der Waals surface area contributed by atoms with Gasteiger partial charge < -0.3 is 19.7 Å². The van der Waals surface area contributed by atoms with Crippen molar-refractivity contribution in [3.05, 3.63) is 23.0 Å². The lowest BCUT2D eigenvalue weighted by atomic mass is 10.1. The number of nitrogens with zero attached hydrogens (tertiary/aromatic N) is 5. The van der Waals surface area contributed by atoms with Crippen LogP contribution in [0, 0.1) is 6.92 Å². The van der Waals surface area contributed by atoms with E-state index in [1.807, 2.05) is 24.9 Å². The fourth-order valence-corrected chi connectivity index (χ4v) is 3.76. The number of methoxy groups -OCH3 is 1. The van der Waals surface area contributed by atoms with Gasteiger partial charge in [0.15, 0.2) is 11.6 Å². The van der Waals surface area contributed by atoms with Crippen molar-refractivity contribution in [1.29, 1.82) is 0 Å². The number of fused-ring (bicyclic) bond motifs is 1. The predicted molar refractivity (Wildman–Crippen MR) is 98.1 cm³/mol. The summed E-state index contributed by atoms with van der Waals surface area (Å²) in [6.45, 7) is 5.33. The zero-order valence-corrected chi connectivity index (χ0v) is 15.7. The van der Waals surface area contributed by atoms with E-state index in [-0.39, 0.29) is 0 Å². The molecule has 0 unspecified atom stereocenters. The number of anilines is 2. The van der Waals surface area contributed by atoms with Gasteiger partial charge in [-0.3, -0.25) is 4.68 Å². The van der Waals surface area contributed by atoms with Gasteiger partial charge >= 0.3 is 0 Å². The maximum absolute atomic E-state index is 5.53. The van der Waals surface area contributed by atoms with E-state index in [0.717, 1.165) is 68.6 Å². The van der Waals surface area contributed by atoms with Crippen molar-refractivity contribution >= 4 is 11.6 Å². The highest BCUT2D eigenvalue weighted by Gasteiger charge is 2.28. The van der Waals surface area contributed by atoms with E-state index in [1.54, 1.807) is 7.11 Å². The van der Waals surface area contributed by atoms with Crippen LogP contribution in [0.25, 0.3) is 0 Å². The van der Waals surface area contributed by atoms with Crippen LogP contribution in [-0.4, -0.2) is 53.9 Å². The molecule has 1 fully saturated rings. The van der Waals surface area contributed by atoms with Gasteiger partial charge in [-0.1, -0.05) is 0 Å². The number of aryl methyl sites for hydroxylation is 1. The van der Waals surface area contributed by atoms with Crippen LogP contribution in [0.2, 0.25) is 0 Å². The lowest BCUT2D eigenvalue weighted by Gasteiger charge is -2.25. The second kappa shape index (κ2) is 7.20. The quantitative estimate of drug-likeness (QED) is 0.892. The zero-order valence-electron chi connectivity index (χ0n) is 15.7. The molecule has 2 aliphatic rings. The molecule has 0 aromatic carbocycles. The molecule has 2 aliphatic heterocycles. The molecule has 1 N–H and O–H groups in total. The van der Waals surface area contributed by atoms with Gasteiger partial charge in [0.25, 0.3) is 0 Å². The summed E-state index contributed by atoms with van der Waals surface area (Å²) >= 11 is 0. The van der Waals surface area contributed by atoms with Crippen LogP contribution in [-0.2, 0) is 17.7 Å². The molecule has 0 amide bonds. The Bertz CT molecular complexity index is 784. The van der Waals surface area contributed by atoms with E-state index >= 15 is 0 Å². The molecule has 2 aromatic heterocycles. The molecule has 8 heteroatoms. The highest BCUT2D eigenvalue weighted by molar-refractivity contribution is 5.61. The van der Waals surface area contributed by atoms with Crippen LogP contribution in [0.4, 0.5) is 11.6 Å². The lowest BCUT2D eigenvalue weighted by molar-refractivity contribution is 0.0654. The summed E-state index contributed by atoms with van der Waals surface area (Å²) < 4.78 is 13.2. The Morgan fingerprint density at radius 2 is 2.12 bits per heavy atom. The minimum atomic E-state index is 0.413. The standard InChI is InChI=1S/C18H26N6O2/c1-12-16(25-3)10-17(21-20-12)23(2)18-14-11-19-7-4-15(14)24(22-18)13-5-8-26-9-6-13/h10,13,19H,4-9,11H2,1-3H3. The summed E-state index contributed by atoms with van der Waals surface area (Å²) in [4.78, 5) is 2.01. The molecule has 4 heterocycles. The van der Waals surface area contributed by atoms with Crippen molar-refractivity contribution in [2.24, 2.45) is 0 Å². The minimum Gasteiger partial charge on any atom is -0.495 e. The molecular weight excluding hydrogens is 332 g/mol. The molecule has 140 valence electrons. The molecule has 2 aromatic rings. The van der Waals surface area contributed by atoms with Gasteiger partial charge in [-0.25, -0.2) is 0 Å². The fourth-order valence-electron chi connectivity index (χ4n) is 3.76. The minimum absolute atomic E-state index is 0.413. The monoisotopic (exact) mass is 358 g/mol. The number of nitrogens with one attached hydrogen (secondary N) is 1. The Balaban J connectivity index is 1.72. The maximum Gasteiger partial charge on any atom is 0.160 e. The molecule has 26 heavy (non-hydrogen) atoms. The van der Waals surface area contributed by atoms with E-state index in [9.17, 15) is 0 Å². The van der Waals surface area contributed by atoms with Gasteiger partial charge in [0.05, 0.1) is 13.2 Å². The summed E-state index contributed by atoms with van der Waals surface area (Å²) in [5.74, 6) is 2.41. The number of hydrogen-bond donors (Lipinski definition) is 1. The first kappa shape index (κ1) is 17.2. The third-order valence-electron chi connectivity index (χ3n) is 5.27. The second-order valence-corrected chi connectivity index (χ2v) is 6.88. The smallest absolute Gasteiger partial charge is 0.160 e. The molecule has 1 saturated heterocycles. The van der Waals surface area contributed by atoms with Crippen molar-refractivity contribution in [1.82, 2.24) is 25.3 Å². The van der Waals surface area contributed by atoms with Crippen molar-refractivity contribution < 1.29 is 9.47 Å². The van der Waals surface area contributed by atoms with Crippen LogP contribution in [0.5, 0.6) is 5.75 Å². The van der Waals surface area contributed by atoms with Crippen LogP contribution < -0.4 is 15.0 Å². The first-order valence-corrected chi connectivity index (χ1v) is 9.19. The van der Waals surface area contributed by atoms with Gasteiger partial charge in [0.2, 0.25) is 0 Å². The van der Waals surface area contributed by atoms with Gasteiger partial charge in [0.1, 0.15) is 11.4 Å². The molecule has 0 aliphatic carbocycles. The third-order valence-corrected chi connectivity index (χ3v) is 5.27. The van der Waals surface area contributed by atoms with Crippen molar-refractivity contribution in [2.75, 3.05) is 38.8 Å². The van der Waals surface area contributed by atoms with Crippen LogP contribution >= 0.6 is 0 Å². The molecule has 8 nitrogen and oxygen atoms in total. The first-order chi connectivity index (χ1) is 12.7. The van der Waals surface area contributed by atoms with E-state index < -0.39 is 0 Å². The summed E-state index contributed by atoms with van der Waals surface area (Å²) in [7, 11) is 3.64. The van der Waals surface area contributed by atoms with E-state index in [1.165, 1.54) is 11.3 Å². The lowest BCUT2D eigenvalue weighted by Crippen LogP contribution is -2.28. The van der Waals surface area contributed by atoms with Gasteiger partial charge in [0, 0.05) is 57.1 Å². The molecule has 0 bridgehead atoms. The van der Waals surface area contributed by atoms with Gasteiger partial charge in [-0.2, -0.15) is 5.10 Å². The third kappa shape index (κ3) is 3.03. The number of aromatic nitrogens is 4. The average Bonchev–Trinajstić information content (AvgIpc) is 3.08. The number of hydrogen-bond acceptors (Lipinski definition) is 7. The Morgan fingerprint density at radius 1 is 1.31 bits per heavy atom. The van der Waals surface area contributed by atoms with E-state index in [4.69, 9.17) is 14.6 Å². The van der Waals surface area contributed by atoms with Crippen LogP contribution in [0.1, 0.15) is 35.8 Å². The van der Waals surface area contributed by atoms with E-state index in [2.05, 4.69) is 20.2 Å². The fraction of sp³-hybridized carbons (Fsp3) is 0.611. The normalized spacial score (nSPS) is 17.8. The van der Waals surface area contributed by atoms with E-state index in [0.29, 0.717) is 6.04 Å². The second-order valence-electron chi connectivity index (χ2n) is 6.88. The van der Waals surface area contributed by atoms with Crippen molar-refractivity contribution in [3.63, 3.8) is 0 Å². The highest BCUT2D eigenvalue weighted by Crippen LogP contribution is 2.34. The van der Waals surface area contributed by atoms with Gasteiger partial charge in [-0.15, -0.1) is 10.2 Å². The SMILES string of the molecule is COc1cc(N(C)c2nn(C3CCOCC3)c3c2CNCC3)nnc1C. The predicted octanol–water partition coefficient (Wildman–Crippen LogP) is 1.76. The summed E-state index contributed by atoms with van der Waals surface area (Å²) in [6, 6.07) is 2.33. The maximum atomic E-state index is 5.53. The largest absolute Gasteiger partial charge is 0.495 e. The number of rotatable bonds is 4. The summed E-state index contributed by atoms with van der Waals surface area (Å²) in [5.41, 5.74) is 3.37. The Hall–Kier alpha value is -2.19. The Morgan fingerprint density at radius 3 is 2.88 bits per heavy atom. The average molecular weight is 358 g/mol. The Labute approximate surface area is 153 Å². The molecule has 0 spiro atoms. The Kier molecular flexibility index (Phi) is 4.78. The highest BCUT2D eigenvalue weighted by atomic mass is 16.5. The number of ether oxygens (including phenoxy) is 2. The van der Waals surface area contributed by atoms with Crippen LogP contribution in [0.15, 0.2) is 6.07 Å². The summed E-state index contributed by atoms with van der Waals surface area (Å²) in [5, 5.41) is 17.0. The first-order valence-electron chi connectivity index (χ1n) is 9.19. The molecule has 4 rings (SSSR count). The summed E-state index contributed by atoms with van der Waals surface area (Å²) in [6.07, 6.45) is 3.03. The topological polar surface area (TPSA) is 77.3 Å². The van der Waals surface area contributed by atoms with Gasteiger partial charge in [-0.05, 0) is 19.8 Å². The molecular formula is C18H26N6O2. The van der Waals surface area contributed by atoms with Crippen LogP contribution in [0.3, 0.4) is 0 Å². The molecule has 0 radical (unpaired) electrons. The zero-order chi connectivity index (χ0) is 18.1. The molecule has 0 saturated carbocycles. The molecule has 0 atom stereocenters. The van der Waals surface area contributed by atoms with Crippen molar-refractivity contribution in [2.45, 2.75) is 38.8 Å². The van der Waals surface area contributed by atoms with Crippen molar-refractivity contribution in [3.8, 4) is 5.75 Å².